The summed E-state index contributed by atoms with van der Waals surface area (Å²) < 4.78 is 0. The quantitative estimate of drug-likeness (QED) is 0.909. The van der Waals surface area contributed by atoms with Gasteiger partial charge in [-0.3, -0.25) is 14.7 Å². The number of nitrogens with one attached hydrogen (secondary N) is 1. The minimum Gasteiger partial charge on any atom is -0.353 e. The number of anilines is 2. The van der Waals surface area contributed by atoms with Crippen LogP contribution >= 0.6 is 11.3 Å². The van der Waals surface area contributed by atoms with E-state index in [0.29, 0.717) is 5.13 Å². The van der Waals surface area contributed by atoms with E-state index < -0.39 is 0 Å². The van der Waals surface area contributed by atoms with Crippen LogP contribution in [-0.2, 0) is 4.79 Å². The highest BCUT2D eigenvalue weighted by Gasteiger charge is 2.26. The van der Waals surface area contributed by atoms with Crippen molar-refractivity contribution < 1.29 is 4.79 Å². The molecule has 1 fully saturated rings. The molecule has 2 aromatic rings. The van der Waals surface area contributed by atoms with Crippen molar-refractivity contribution in [3.63, 3.8) is 0 Å². The van der Waals surface area contributed by atoms with Crippen molar-refractivity contribution in [3.05, 3.63) is 30.2 Å². The minimum atomic E-state index is -0.173. The molecule has 7 nitrogen and oxygen atoms in total. The van der Waals surface area contributed by atoms with E-state index in [1.807, 2.05) is 12.3 Å². The van der Waals surface area contributed by atoms with E-state index in [4.69, 9.17) is 0 Å². The summed E-state index contributed by atoms with van der Waals surface area (Å²) >= 11 is 1.43. The van der Waals surface area contributed by atoms with Gasteiger partial charge >= 0.3 is 0 Å². The first-order valence-corrected chi connectivity index (χ1v) is 8.07. The van der Waals surface area contributed by atoms with Crippen molar-refractivity contribution in [1.82, 2.24) is 19.9 Å². The highest BCUT2D eigenvalue weighted by molar-refractivity contribution is 7.13. The number of amides is 1. The molecule has 1 N–H and O–H groups in total. The number of hydrogen-bond acceptors (Lipinski definition) is 7. The summed E-state index contributed by atoms with van der Waals surface area (Å²) in [6.07, 6.45) is 6.83. The minimum absolute atomic E-state index is 0.0112. The Bertz CT molecular complexity index is 597. The molecule has 0 saturated carbocycles. The van der Waals surface area contributed by atoms with Crippen LogP contribution in [0.5, 0.6) is 0 Å². The first-order valence-electron chi connectivity index (χ1n) is 7.19. The second-order valence-corrected chi connectivity index (χ2v) is 5.98. The maximum absolute atomic E-state index is 12.2. The molecule has 1 saturated heterocycles. The molecule has 1 atom stereocenters. The van der Waals surface area contributed by atoms with Gasteiger partial charge in [-0.25, -0.2) is 9.97 Å². The number of piperazine rings is 1. The molecule has 3 heterocycles. The molecule has 0 aliphatic carbocycles. The van der Waals surface area contributed by atoms with Crippen LogP contribution in [0.4, 0.5) is 10.9 Å². The zero-order valence-corrected chi connectivity index (χ0v) is 13.2. The van der Waals surface area contributed by atoms with E-state index in [0.717, 1.165) is 32.0 Å². The van der Waals surface area contributed by atoms with Gasteiger partial charge in [-0.15, -0.1) is 11.3 Å². The van der Waals surface area contributed by atoms with Crippen LogP contribution in [0.1, 0.15) is 6.92 Å². The van der Waals surface area contributed by atoms with Crippen molar-refractivity contribution >= 4 is 28.2 Å². The molecule has 0 bridgehead atoms. The molecule has 22 heavy (non-hydrogen) atoms. The summed E-state index contributed by atoms with van der Waals surface area (Å²) in [7, 11) is 0. The van der Waals surface area contributed by atoms with Crippen molar-refractivity contribution in [2.24, 2.45) is 0 Å². The van der Waals surface area contributed by atoms with E-state index >= 15 is 0 Å². The average molecular weight is 318 g/mol. The van der Waals surface area contributed by atoms with Crippen LogP contribution in [0, 0.1) is 0 Å². The molecular formula is C14H18N6OS. The van der Waals surface area contributed by atoms with Crippen molar-refractivity contribution in [1.29, 1.82) is 0 Å². The van der Waals surface area contributed by atoms with E-state index in [1.54, 1.807) is 24.8 Å². The van der Waals surface area contributed by atoms with E-state index in [9.17, 15) is 4.79 Å². The number of hydrogen-bond donors (Lipinski definition) is 1. The number of rotatable bonds is 4. The van der Waals surface area contributed by atoms with Gasteiger partial charge in [0.05, 0.1) is 12.2 Å². The van der Waals surface area contributed by atoms with Crippen LogP contribution < -0.4 is 10.2 Å². The fraction of sp³-hybridized carbons (Fsp3) is 0.429. The van der Waals surface area contributed by atoms with Gasteiger partial charge in [0.15, 0.2) is 5.13 Å². The lowest BCUT2D eigenvalue weighted by Crippen LogP contribution is -2.53. The Hall–Kier alpha value is -2.06. The Labute approximate surface area is 133 Å². The summed E-state index contributed by atoms with van der Waals surface area (Å²) in [6.45, 7) is 5.26. The lowest BCUT2D eigenvalue weighted by molar-refractivity contribution is -0.120. The summed E-state index contributed by atoms with van der Waals surface area (Å²) in [4.78, 5) is 29.1. The standard InChI is InChI=1S/C14H18N6OS/c1-11(13(21)18-14-17-4-9-22-14)19-5-7-20(8-6-19)12-10-15-2-3-16-12/h2-4,9-11H,5-8H2,1H3,(H,17,18,21)/t11-/m0/s1. The van der Waals surface area contributed by atoms with Gasteiger partial charge in [0, 0.05) is 50.1 Å². The average Bonchev–Trinajstić information content (AvgIpc) is 3.08. The van der Waals surface area contributed by atoms with Gasteiger partial charge in [0.1, 0.15) is 5.82 Å². The maximum atomic E-state index is 12.2. The third-order valence-corrected chi connectivity index (χ3v) is 4.47. The Kier molecular flexibility index (Phi) is 4.59. The largest absolute Gasteiger partial charge is 0.353 e. The molecule has 116 valence electrons. The van der Waals surface area contributed by atoms with Gasteiger partial charge in [-0.2, -0.15) is 0 Å². The smallest absolute Gasteiger partial charge is 0.243 e. The lowest BCUT2D eigenvalue weighted by Gasteiger charge is -2.37. The van der Waals surface area contributed by atoms with E-state index in [1.165, 1.54) is 11.3 Å². The second kappa shape index (κ2) is 6.80. The Morgan fingerprint density at radius 3 is 2.68 bits per heavy atom. The van der Waals surface area contributed by atoms with E-state index in [-0.39, 0.29) is 11.9 Å². The number of carbonyl (C=O) groups is 1. The fourth-order valence-electron chi connectivity index (χ4n) is 2.45. The highest BCUT2D eigenvalue weighted by atomic mass is 32.1. The zero-order chi connectivity index (χ0) is 15.4. The molecule has 8 heteroatoms. The van der Waals surface area contributed by atoms with Gasteiger partial charge < -0.3 is 10.2 Å². The Balaban J connectivity index is 1.53. The summed E-state index contributed by atoms with van der Waals surface area (Å²) in [5.74, 6) is 0.880. The number of nitrogens with zero attached hydrogens (tertiary/aromatic N) is 5. The molecule has 3 rings (SSSR count). The predicted octanol–water partition coefficient (Wildman–Crippen LogP) is 1.08. The van der Waals surface area contributed by atoms with Gasteiger partial charge in [-0.05, 0) is 6.92 Å². The Morgan fingerprint density at radius 2 is 2.05 bits per heavy atom. The van der Waals surface area contributed by atoms with Crippen LogP contribution in [0.3, 0.4) is 0 Å². The second-order valence-electron chi connectivity index (χ2n) is 5.09. The third-order valence-electron chi connectivity index (χ3n) is 3.78. The van der Waals surface area contributed by atoms with Crippen LogP contribution in [-0.4, -0.2) is 58.0 Å². The fourth-order valence-corrected chi connectivity index (χ4v) is 2.99. The molecule has 0 spiro atoms. The SMILES string of the molecule is C[C@@H](C(=O)Nc1nccs1)N1CCN(c2cnccn2)CC1. The normalized spacial score (nSPS) is 17.2. The molecule has 0 radical (unpaired) electrons. The molecule has 2 aromatic heterocycles. The number of carbonyl (C=O) groups excluding carboxylic acids is 1. The number of aromatic nitrogens is 3. The Morgan fingerprint density at radius 1 is 1.23 bits per heavy atom. The molecule has 1 aliphatic heterocycles. The van der Waals surface area contributed by atoms with Crippen LogP contribution in [0.15, 0.2) is 30.2 Å². The monoisotopic (exact) mass is 318 g/mol. The summed E-state index contributed by atoms with van der Waals surface area (Å²) in [5.41, 5.74) is 0. The lowest BCUT2D eigenvalue weighted by atomic mass is 10.2. The van der Waals surface area contributed by atoms with E-state index in [2.05, 4.69) is 30.1 Å². The van der Waals surface area contributed by atoms with Crippen LogP contribution in [0.2, 0.25) is 0 Å². The van der Waals surface area contributed by atoms with Gasteiger partial charge in [0.2, 0.25) is 5.91 Å². The first kappa shape index (κ1) is 14.9. The van der Waals surface area contributed by atoms with Gasteiger partial charge in [0.25, 0.3) is 0 Å². The molecule has 0 aromatic carbocycles. The zero-order valence-electron chi connectivity index (χ0n) is 12.3. The molecule has 1 aliphatic rings. The molecular weight excluding hydrogens is 300 g/mol. The predicted molar refractivity (Wildman–Crippen MR) is 86.0 cm³/mol. The summed E-state index contributed by atoms with van der Waals surface area (Å²) in [6, 6.07) is -0.173. The number of thiazole rings is 1. The van der Waals surface area contributed by atoms with Crippen molar-refractivity contribution in [3.8, 4) is 0 Å². The summed E-state index contributed by atoms with van der Waals surface area (Å²) in [5, 5.41) is 5.35. The van der Waals surface area contributed by atoms with Crippen LogP contribution in [0.25, 0.3) is 0 Å². The first-order chi connectivity index (χ1) is 10.7. The highest BCUT2D eigenvalue weighted by Crippen LogP contribution is 2.15. The van der Waals surface area contributed by atoms with Crippen molar-refractivity contribution in [2.45, 2.75) is 13.0 Å². The third kappa shape index (κ3) is 3.40. The maximum Gasteiger partial charge on any atom is 0.243 e. The molecule has 1 amide bonds. The van der Waals surface area contributed by atoms with Gasteiger partial charge in [-0.1, -0.05) is 0 Å². The van der Waals surface area contributed by atoms with Crippen molar-refractivity contribution in [2.75, 3.05) is 36.4 Å². The topological polar surface area (TPSA) is 74.2 Å². The molecule has 0 unspecified atom stereocenters.